The Morgan fingerprint density at radius 1 is 0.333 bits per heavy atom. The number of rotatable bonds is 3. The van der Waals surface area contributed by atoms with Gasteiger partial charge in [-0.25, -0.2) is 0 Å². The van der Waals surface area contributed by atoms with Crippen molar-refractivity contribution < 1.29 is 0 Å². The van der Waals surface area contributed by atoms with Crippen LogP contribution in [0.25, 0.3) is 77.0 Å². The van der Waals surface area contributed by atoms with Crippen LogP contribution in [0, 0.1) is 0 Å². The third-order valence-electron chi connectivity index (χ3n) is 17.0. The van der Waals surface area contributed by atoms with Crippen molar-refractivity contribution in [1.82, 2.24) is 13.6 Å². The number of hydrogen-bond acceptors (Lipinski definition) is 1. The van der Waals surface area contributed by atoms with Crippen molar-refractivity contribution in [2.75, 3.05) is 4.90 Å². The van der Waals surface area contributed by atoms with Crippen LogP contribution in [0.5, 0.6) is 0 Å². The zero-order valence-electron chi connectivity index (χ0n) is 46.9. The molecule has 0 atom stereocenters. The molecule has 3 aromatic heterocycles. The summed E-state index contributed by atoms with van der Waals surface area (Å²) in [4.78, 5) is 2.65. The molecule has 0 N–H and O–H groups in total. The molecule has 0 unspecified atom stereocenters. The fourth-order valence-corrected chi connectivity index (χ4v) is 12.8. The van der Waals surface area contributed by atoms with Crippen molar-refractivity contribution in [2.24, 2.45) is 0 Å². The molecule has 0 fully saturated rings. The zero-order valence-corrected chi connectivity index (χ0v) is 46.9. The maximum absolute atomic E-state index is 2.81. The monoisotopic (exact) mass is 979 g/mol. The van der Waals surface area contributed by atoms with Gasteiger partial charge < -0.3 is 9.05 Å². The van der Waals surface area contributed by atoms with Gasteiger partial charge in [0.1, 0.15) is 5.82 Å². The lowest BCUT2D eigenvalue weighted by Crippen LogP contribution is -2.57. The average Bonchev–Trinajstić information content (AvgIpc) is 4.08. The Morgan fingerprint density at radius 3 is 1.33 bits per heavy atom. The van der Waals surface area contributed by atoms with Crippen LogP contribution in [0.15, 0.2) is 158 Å². The molecule has 0 saturated carbocycles. The topological polar surface area (TPSA) is 18.0 Å². The van der Waals surface area contributed by atoms with Gasteiger partial charge in [0.25, 0.3) is 0 Å². The minimum Gasteiger partial charge on any atom is -0.375 e. The largest absolute Gasteiger partial charge is 0.375 e. The van der Waals surface area contributed by atoms with E-state index in [0.717, 1.165) is 11.4 Å². The van der Waals surface area contributed by atoms with E-state index in [0.29, 0.717) is 0 Å². The Hall–Kier alpha value is -7.24. The normalized spacial score (nSPS) is 14.0. The van der Waals surface area contributed by atoms with Crippen LogP contribution in [0.1, 0.15) is 132 Å². The van der Waals surface area contributed by atoms with Crippen LogP contribution in [0.3, 0.4) is 0 Å². The van der Waals surface area contributed by atoms with Gasteiger partial charge in [-0.3, -0.25) is 9.47 Å². The highest BCUT2D eigenvalue weighted by Gasteiger charge is 2.47. The predicted molar refractivity (Wildman–Crippen MR) is 325 cm³/mol. The molecule has 0 spiro atoms. The van der Waals surface area contributed by atoms with Crippen LogP contribution < -0.4 is 15.8 Å². The minimum absolute atomic E-state index is 0.00354. The summed E-state index contributed by atoms with van der Waals surface area (Å²) in [6, 6.07) is 61.5. The molecule has 8 aromatic carbocycles. The first kappa shape index (κ1) is 47.5. The van der Waals surface area contributed by atoms with Crippen LogP contribution in [0.2, 0.25) is 0 Å². The summed E-state index contributed by atoms with van der Waals surface area (Å²) in [5.41, 5.74) is 22.6. The smallest absolute Gasteiger partial charge is 0.335 e. The molecule has 0 amide bonds. The first-order chi connectivity index (χ1) is 35.4. The van der Waals surface area contributed by atoms with Crippen molar-refractivity contribution >= 4 is 89.5 Å². The molecular weight excluding hydrogens is 908 g/mol. The molecule has 0 bridgehead atoms. The summed E-state index contributed by atoms with van der Waals surface area (Å²) >= 11 is 0. The van der Waals surface area contributed by atoms with Gasteiger partial charge in [-0.05, 0) is 156 Å². The Bertz CT molecular complexity index is 4160. The number of hydrogen-bond donors (Lipinski definition) is 0. The molecular formula is C70H71BN4. The van der Waals surface area contributed by atoms with E-state index in [1.165, 1.54) is 122 Å². The molecule has 75 heavy (non-hydrogen) atoms. The SMILES string of the molecule is CC(C)(C)c1ccc(N2c3cc(C(C)(C)C)cc4c3B(c3c2n(-c2ccccc2)c2ccc(C(C)(C)C)cc32)n2c3ccc(C(C)(C)C)cc3c3c5c6cc(C(C)(C)C)ccc6n(-c6ccccc6)c5cc-4c32)cc1. The van der Waals surface area contributed by atoms with Crippen LogP contribution in [-0.2, 0) is 27.1 Å². The van der Waals surface area contributed by atoms with Crippen molar-refractivity contribution in [3.63, 3.8) is 0 Å². The first-order valence-corrected chi connectivity index (χ1v) is 27.4. The van der Waals surface area contributed by atoms with Gasteiger partial charge in [-0.1, -0.05) is 177 Å². The minimum atomic E-state index is -0.162. The third-order valence-corrected chi connectivity index (χ3v) is 17.0. The van der Waals surface area contributed by atoms with Crippen molar-refractivity contribution in [3.8, 4) is 22.5 Å². The Morgan fingerprint density at radius 2 is 0.800 bits per heavy atom. The van der Waals surface area contributed by atoms with E-state index in [4.69, 9.17) is 0 Å². The molecule has 5 heteroatoms. The molecule has 11 aromatic rings. The summed E-state index contributed by atoms with van der Waals surface area (Å²) in [5.74, 6) is 1.20. The second-order valence-corrected chi connectivity index (χ2v) is 27.2. The molecule has 0 saturated heterocycles. The molecule has 13 rings (SSSR count). The van der Waals surface area contributed by atoms with Crippen LogP contribution in [0.4, 0.5) is 17.2 Å². The second-order valence-electron chi connectivity index (χ2n) is 27.2. The summed E-state index contributed by atoms with van der Waals surface area (Å²) in [6.07, 6.45) is 0. The number of nitrogens with zero attached hydrogens (tertiary/aromatic N) is 4. The van der Waals surface area contributed by atoms with Crippen molar-refractivity contribution in [1.29, 1.82) is 0 Å². The Kier molecular flexibility index (Phi) is 9.92. The van der Waals surface area contributed by atoms with Crippen molar-refractivity contribution in [2.45, 2.75) is 131 Å². The van der Waals surface area contributed by atoms with Gasteiger partial charge in [0, 0.05) is 66.4 Å². The molecule has 0 radical (unpaired) electrons. The summed E-state index contributed by atoms with van der Waals surface area (Å²) in [7, 11) is 0. The number of benzene rings is 8. The quantitative estimate of drug-likeness (QED) is 0.161. The fourth-order valence-electron chi connectivity index (χ4n) is 12.8. The lowest BCUT2D eigenvalue weighted by molar-refractivity contribution is 0.590. The maximum Gasteiger partial charge on any atom is 0.335 e. The van der Waals surface area contributed by atoms with E-state index in [-0.39, 0.29) is 33.9 Å². The van der Waals surface area contributed by atoms with E-state index < -0.39 is 0 Å². The van der Waals surface area contributed by atoms with Gasteiger partial charge in [0.2, 0.25) is 0 Å². The average molecular weight is 979 g/mol. The van der Waals surface area contributed by atoms with Gasteiger partial charge in [0.15, 0.2) is 0 Å². The molecule has 2 aliphatic heterocycles. The summed E-state index contributed by atoms with van der Waals surface area (Å²) in [6.45, 7) is 35.1. The van der Waals surface area contributed by atoms with Crippen molar-refractivity contribution in [3.05, 3.63) is 186 Å². The standard InChI is InChI=1S/C70H71BN4/c1-66(2,3)42-26-31-49(32-27-42)74-59-40-46(70(13,14)15)39-50-51-41-58-60(52-36-43(67(4,5)6)28-33-55(52)72(58)47-22-18-16-19-23-47)61-53-37-44(68(7,8)9)30-35-57(53)75(64(51)61)71(62(50)59)63-54-38-45(69(10,11)12)29-34-56(54)73(65(63)74)48-24-20-17-21-25-48/h16-41H,1-15H3. The Labute approximate surface area is 444 Å². The number of fused-ring (bicyclic) bond motifs is 13. The Balaban J connectivity index is 1.30. The summed E-state index contributed by atoms with van der Waals surface area (Å²) in [5, 5.41) is 6.56. The van der Waals surface area contributed by atoms with E-state index in [1.807, 2.05) is 0 Å². The summed E-state index contributed by atoms with van der Waals surface area (Å²) < 4.78 is 7.95. The van der Waals surface area contributed by atoms with E-state index >= 15 is 0 Å². The lowest BCUT2D eigenvalue weighted by Gasteiger charge is -2.41. The highest BCUT2D eigenvalue weighted by Crippen LogP contribution is 2.53. The van der Waals surface area contributed by atoms with E-state index in [1.54, 1.807) is 0 Å². The van der Waals surface area contributed by atoms with Crippen LogP contribution in [-0.4, -0.2) is 20.5 Å². The highest BCUT2D eigenvalue weighted by molar-refractivity contribution is 6.92. The fraction of sp³-hybridized carbons (Fsp3) is 0.286. The lowest BCUT2D eigenvalue weighted by atomic mass is 9.45. The molecule has 2 aliphatic rings. The second kappa shape index (κ2) is 15.7. The molecule has 4 nitrogen and oxygen atoms in total. The van der Waals surface area contributed by atoms with E-state index in [9.17, 15) is 0 Å². The molecule has 5 heterocycles. The van der Waals surface area contributed by atoms with Gasteiger partial charge in [-0.2, -0.15) is 0 Å². The zero-order chi connectivity index (χ0) is 52.6. The van der Waals surface area contributed by atoms with E-state index in [2.05, 4.69) is 280 Å². The maximum atomic E-state index is 2.81. The number of anilines is 3. The van der Waals surface area contributed by atoms with Crippen LogP contribution >= 0.6 is 0 Å². The van der Waals surface area contributed by atoms with Gasteiger partial charge in [-0.15, -0.1) is 0 Å². The number of para-hydroxylation sites is 2. The molecule has 0 aliphatic carbocycles. The first-order valence-electron chi connectivity index (χ1n) is 27.4. The van der Waals surface area contributed by atoms with Gasteiger partial charge >= 0.3 is 6.85 Å². The van der Waals surface area contributed by atoms with Gasteiger partial charge in [0.05, 0.1) is 16.6 Å². The third kappa shape index (κ3) is 7.02. The highest BCUT2D eigenvalue weighted by atomic mass is 15.3. The predicted octanol–water partition coefficient (Wildman–Crippen LogP) is 17.7. The molecule has 374 valence electrons. The number of aromatic nitrogens is 3.